The van der Waals surface area contributed by atoms with Gasteiger partial charge in [-0.3, -0.25) is 4.79 Å². The number of carbonyl (C=O) groups excluding carboxylic acids is 3. The molecule has 3 saturated heterocycles. The van der Waals surface area contributed by atoms with Crippen LogP contribution in [-0.2, 0) is 47.4 Å². The number of carbonyl (C=O) groups is 3. The first-order valence-electron chi connectivity index (χ1n) is 23.7. The summed E-state index contributed by atoms with van der Waals surface area (Å²) in [5, 5.41) is 23.5. The van der Waals surface area contributed by atoms with Gasteiger partial charge in [-0.2, -0.15) is 0 Å². The Morgan fingerprint density at radius 1 is 0.776 bits per heavy atom. The van der Waals surface area contributed by atoms with Crippen LogP contribution in [0.15, 0.2) is 72.8 Å². The highest BCUT2D eigenvalue weighted by Crippen LogP contribution is 2.43. The van der Waals surface area contributed by atoms with E-state index in [-0.39, 0.29) is 30.6 Å². The van der Waals surface area contributed by atoms with Crippen molar-refractivity contribution in [1.29, 1.82) is 0 Å². The average molecular weight is 940 g/mol. The van der Waals surface area contributed by atoms with Crippen LogP contribution in [0.4, 0.5) is 0 Å². The molecule has 0 bridgehead atoms. The van der Waals surface area contributed by atoms with Gasteiger partial charge in [0.15, 0.2) is 24.8 Å². The number of benzene rings is 2. The molecule has 18 atom stereocenters. The minimum Gasteiger partial charge on any atom is -0.457 e. The third-order valence-corrected chi connectivity index (χ3v) is 14.5. The first-order valence-corrected chi connectivity index (χ1v) is 23.7. The van der Waals surface area contributed by atoms with Gasteiger partial charge in [0, 0.05) is 32.5 Å². The first kappa shape index (κ1) is 54.2. The Morgan fingerprint density at radius 2 is 1.33 bits per heavy atom. The number of likely N-dealkylation sites (N-methyl/N-ethyl adjacent to an activating group) is 1. The predicted molar refractivity (Wildman–Crippen MR) is 250 cm³/mol. The SMILES string of the molecule is C=C1[C@@H](CC)OC(=O)[C@H](C)[C@@H](OC2C[C@@](C)(OC)[C@@H](OC(=O)c3ccccc3)[C@H](C)O2)[C@H](C)[C@@H](OC2O[C@H](C)C[C@H](N(C)C)[C@H]2OC(=O)c2ccccc2)[C@](C)(OC)C[C@@H](C)[C@H](O)[C@H](C)[C@H]1O. The van der Waals surface area contributed by atoms with E-state index in [1.807, 2.05) is 72.7 Å². The molecule has 3 aliphatic rings. The lowest BCUT2D eigenvalue weighted by molar-refractivity contribution is -0.319. The van der Waals surface area contributed by atoms with E-state index in [1.54, 1.807) is 76.4 Å². The number of ether oxygens (including phenoxy) is 9. The second-order valence-corrected chi connectivity index (χ2v) is 19.7. The van der Waals surface area contributed by atoms with Crippen LogP contribution >= 0.6 is 0 Å². The van der Waals surface area contributed by atoms with Gasteiger partial charge in [0.1, 0.15) is 11.7 Å². The highest BCUT2D eigenvalue weighted by Gasteiger charge is 2.54. The summed E-state index contributed by atoms with van der Waals surface area (Å²) in [5.74, 6) is -4.67. The number of esters is 3. The zero-order chi connectivity index (χ0) is 49.5. The van der Waals surface area contributed by atoms with Gasteiger partial charge in [0.2, 0.25) is 0 Å². The van der Waals surface area contributed by atoms with Gasteiger partial charge in [-0.15, -0.1) is 0 Å². The molecule has 0 aliphatic carbocycles. The van der Waals surface area contributed by atoms with E-state index in [0.717, 1.165) is 0 Å². The Bertz CT molecular complexity index is 1930. The van der Waals surface area contributed by atoms with Gasteiger partial charge >= 0.3 is 17.9 Å². The molecule has 3 aliphatic heterocycles. The zero-order valence-electron chi connectivity index (χ0n) is 41.8. The summed E-state index contributed by atoms with van der Waals surface area (Å²) in [4.78, 5) is 43.8. The van der Waals surface area contributed by atoms with Crippen molar-refractivity contribution in [2.75, 3.05) is 28.3 Å². The molecule has 2 aromatic rings. The Kier molecular flexibility index (Phi) is 18.8. The van der Waals surface area contributed by atoms with Crippen molar-refractivity contribution >= 4 is 17.9 Å². The summed E-state index contributed by atoms with van der Waals surface area (Å²) in [5.41, 5.74) is -1.36. The van der Waals surface area contributed by atoms with E-state index in [9.17, 15) is 24.6 Å². The fourth-order valence-corrected chi connectivity index (χ4v) is 10.2. The van der Waals surface area contributed by atoms with Crippen LogP contribution in [0, 0.1) is 23.7 Å². The third kappa shape index (κ3) is 12.5. The number of aliphatic hydroxyl groups is 2. The molecule has 0 saturated carbocycles. The van der Waals surface area contributed by atoms with Gasteiger partial charge in [0.05, 0.1) is 65.3 Å². The second-order valence-electron chi connectivity index (χ2n) is 19.7. The predicted octanol–water partition coefficient (Wildman–Crippen LogP) is 6.77. The summed E-state index contributed by atoms with van der Waals surface area (Å²) >= 11 is 0. The third-order valence-electron chi connectivity index (χ3n) is 14.5. The fourth-order valence-electron chi connectivity index (χ4n) is 10.2. The largest absolute Gasteiger partial charge is 0.457 e. The lowest BCUT2D eigenvalue weighted by Crippen LogP contribution is -2.62. The minimum absolute atomic E-state index is 0.0889. The van der Waals surface area contributed by atoms with Crippen LogP contribution < -0.4 is 0 Å². The Balaban J connectivity index is 1.61. The van der Waals surface area contributed by atoms with Crippen LogP contribution in [-0.4, -0.2) is 146 Å². The molecule has 0 spiro atoms. The van der Waals surface area contributed by atoms with Crippen LogP contribution in [0.25, 0.3) is 0 Å². The van der Waals surface area contributed by atoms with Crippen molar-refractivity contribution in [2.24, 2.45) is 23.7 Å². The van der Waals surface area contributed by atoms with E-state index in [4.69, 9.17) is 42.6 Å². The maximum atomic E-state index is 14.6. The maximum Gasteiger partial charge on any atom is 0.338 e. The first-order chi connectivity index (χ1) is 31.6. The van der Waals surface area contributed by atoms with Crippen LogP contribution in [0.3, 0.4) is 0 Å². The van der Waals surface area contributed by atoms with Crippen molar-refractivity contribution in [3.63, 3.8) is 0 Å². The monoisotopic (exact) mass is 940 g/mol. The van der Waals surface area contributed by atoms with Crippen LogP contribution in [0.5, 0.6) is 0 Å². The van der Waals surface area contributed by atoms with E-state index < -0.39 is 114 Å². The summed E-state index contributed by atoms with van der Waals surface area (Å²) in [6, 6.07) is 17.0. The van der Waals surface area contributed by atoms with Crippen molar-refractivity contribution in [3.05, 3.63) is 83.9 Å². The lowest BCUT2D eigenvalue weighted by Gasteiger charge is -2.50. The Morgan fingerprint density at radius 3 is 1.87 bits per heavy atom. The minimum atomic E-state index is -1.26. The summed E-state index contributed by atoms with van der Waals surface area (Å²) in [6.07, 6.45) is -9.06. The number of rotatable bonds is 12. The number of methoxy groups -OCH3 is 2. The summed E-state index contributed by atoms with van der Waals surface area (Å²) < 4.78 is 58.6. The topological polar surface area (TPSA) is 178 Å². The molecule has 2 aromatic carbocycles. The molecule has 3 fully saturated rings. The van der Waals surface area contributed by atoms with Crippen molar-refractivity contribution in [2.45, 2.75) is 173 Å². The molecule has 5 rings (SSSR count). The lowest BCUT2D eigenvalue weighted by atomic mass is 9.74. The quantitative estimate of drug-likeness (QED) is 0.129. The molecular weight excluding hydrogens is 863 g/mol. The normalized spacial score (nSPS) is 39.2. The molecule has 2 unspecified atom stereocenters. The van der Waals surface area contributed by atoms with Crippen molar-refractivity contribution in [3.8, 4) is 0 Å². The smallest absolute Gasteiger partial charge is 0.338 e. The highest BCUT2D eigenvalue weighted by molar-refractivity contribution is 5.90. The molecule has 0 amide bonds. The molecule has 15 nitrogen and oxygen atoms in total. The van der Waals surface area contributed by atoms with E-state index in [0.29, 0.717) is 24.0 Å². The Labute approximate surface area is 397 Å². The number of cyclic esters (lactones) is 1. The van der Waals surface area contributed by atoms with Gasteiger partial charge in [-0.1, -0.05) is 70.7 Å². The standard InChI is InChI=1S/C52H77NO14/c1-15-39-31(4)42(55)32(5)41(54)29(2)27-51(9,59-13)45(67-50-44(38(53(11)12)26-30(3)61-50)65-48(57)36-22-18-16-19-23-36)33(6)43(34(7)47(56)63-39)64-40-28-52(10,60-14)46(35(8)62-40)66-49(58)37-24-20-17-21-25-37/h16-25,29-30,32-35,38-46,50,54-55H,4,15,26-28H2,1-3,5-14H3/t29-,30-,32+,33+,34-,35+,38+,39-,40?,41+,42+,43+,44-,45-,46+,50?,51-,52-/m1/s1. The van der Waals surface area contributed by atoms with E-state index in [2.05, 4.69) is 6.58 Å². The van der Waals surface area contributed by atoms with Crippen molar-refractivity contribution < 1.29 is 67.2 Å². The molecule has 374 valence electrons. The van der Waals surface area contributed by atoms with E-state index in [1.165, 1.54) is 7.11 Å². The van der Waals surface area contributed by atoms with Crippen LogP contribution in [0.2, 0.25) is 0 Å². The highest BCUT2D eigenvalue weighted by atomic mass is 16.7. The Hall–Kier alpha value is -3.77. The number of hydrogen-bond donors (Lipinski definition) is 2. The number of nitrogens with zero attached hydrogens (tertiary/aromatic N) is 1. The average Bonchev–Trinajstić information content (AvgIpc) is 3.31. The molecule has 67 heavy (non-hydrogen) atoms. The maximum absolute atomic E-state index is 14.6. The van der Waals surface area contributed by atoms with Gasteiger partial charge < -0.3 is 57.7 Å². The van der Waals surface area contributed by atoms with Crippen molar-refractivity contribution in [1.82, 2.24) is 4.90 Å². The van der Waals surface area contributed by atoms with Gasteiger partial charge in [0.25, 0.3) is 0 Å². The number of aliphatic hydroxyl groups excluding tert-OH is 2. The summed E-state index contributed by atoms with van der Waals surface area (Å²) in [6.45, 7) is 20.6. The van der Waals surface area contributed by atoms with Crippen LogP contribution in [0.1, 0.15) is 109 Å². The van der Waals surface area contributed by atoms with Gasteiger partial charge in [-0.05, 0) is 104 Å². The fraction of sp³-hybridized carbons (Fsp3) is 0.673. The molecule has 0 aromatic heterocycles. The molecular formula is C52H77NO14. The van der Waals surface area contributed by atoms with Gasteiger partial charge in [-0.25, -0.2) is 9.59 Å². The molecule has 3 heterocycles. The zero-order valence-corrected chi connectivity index (χ0v) is 41.8. The summed E-state index contributed by atoms with van der Waals surface area (Å²) in [7, 11) is 6.91. The number of hydrogen-bond acceptors (Lipinski definition) is 15. The molecule has 2 N–H and O–H groups in total. The molecule has 0 radical (unpaired) electrons. The molecule has 15 heteroatoms. The van der Waals surface area contributed by atoms with E-state index >= 15 is 0 Å². The second kappa shape index (κ2) is 23.2.